The van der Waals surface area contributed by atoms with Crippen molar-refractivity contribution in [1.29, 1.82) is 0 Å². The molecule has 0 spiro atoms. The Morgan fingerprint density at radius 2 is 1.86 bits per heavy atom. The Hall–Kier alpha value is -1.15. The number of aliphatic imine (C=N–C) groups is 1. The first-order chi connectivity index (χ1) is 10.7. The molecule has 1 aromatic carbocycles. The van der Waals surface area contributed by atoms with Crippen LogP contribution in [0.3, 0.4) is 0 Å². The maximum Gasteiger partial charge on any atom is 0.0917 e. The van der Waals surface area contributed by atoms with Gasteiger partial charge in [-0.15, -0.1) is 0 Å². The lowest BCUT2D eigenvalue weighted by atomic mass is 9.98. The second-order valence-electron chi connectivity index (χ2n) is 6.40. The Balaban J connectivity index is 2.13. The van der Waals surface area contributed by atoms with Gasteiger partial charge >= 0.3 is 0 Å². The highest BCUT2D eigenvalue weighted by molar-refractivity contribution is 5.90. The van der Waals surface area contributed by atoms with Crippen LogP contribution in [0.25, 0.3) is 0 Å². The van der Waals surface area contributed by atoms with Crippen LogP contribution in [0, 0.1) is 0 Å². The molecule has 1 atom stereocenters. The zero-order valence-electron chi connectivity index (χ0n) is 14.9. The molecule has 0 N–H and O–H groups in total. The summed E-state index contributed by atoms with van der Waals surface area (Å²) in [6, 6.07) is 7.61. The van der Waals surface area contributed by atoms with Gasteiger partial charge in [0.2, 0.25) is 0 Å². The van der Waals surface area contributed by atoms with Crippen molar-refractivity contribution < 1.29 is 0 Å². The number of hydrogen-bond donors (Lipinski definition) is 0. The van der Waals surface area contributed by atoms with Gasteiger partial charge in [-0.25, -0.2) is 0 Å². The predicted molar refractivity (Wildman–Crippen MR) is 96.6 cm³/mol. The highest BCUT2D eigenvalue weighted by atomic mass is 15.3. The molecule has 1 aliphatic rings. The molecule has 0 fully saturated rings. The van der Waals surface area contributed by atoms with E-state index in [2.05, 4.69) is 50.8 Å². The lowest BCUT2D eigenvalue weighted by Gasteiger charge is -2.26. The Kier molecular flexibility index (Phi) is 6.63. The first-order valence-corrected chi connectivity index (χ1v) is 9.11. The third-order valence-corrected chi connectivity index (χ3v) is 4.78. The monoisotopic (exact) mass is 300 g/mol. The summed E-state index contributed by atoms with van der Waals surface area (Å²) in [5, 5.41) is 0. The molecular weight excluding hydrogens is 268 g/mol. The molecule has 0 aliphatic carbocycles. The van der Waals surface area contributed by atoms with Gasteiger partial charge in [-0.05, 0) is 42.4 Å². The normalized spacial score (nSPS) is 18.7. The molecule has 0 saturated carbocycles. The molecule has 1 unspecified atom stereocenters. The van der Waals surface area contributed by atoms with Crippen LogP contribution in [0.1, 0.15) is 70.1 Å². The van der Waals surface area contributed by atoms with Crippen LogP contribution in [0.15, 0.2) is 23.2 Å². The summed E-state index contributed by atoms with van der Waals surface area (Å²) in [5.74, 6) is 0. The zero-order valence-corrected chi connectivity index (χ0v) is 14.9. The van der Waals surface area contributed by atoms with E-state index in [0.29, 0.717) is 6.04 Å². The van der Waals surface area contributed by atoms with E-state index in [0.717, 1.165) is 32.5 Å². The van der Waals surface area contributed by atoms with Gasteiger partial charge in [0.1, 0.15) is 0 Å². The van der Waals surface area contributed by atoms with E-state index in [-0.39, 0.29) is 0 Å². The molecule has 0 saturated heterocycles. The summed E-state index contributed by atoms with van der Waals surface area (Å²) in [4.78, 5) is 7.41. The maximum absolute atomic E-state index is 4.83. The quantitative estimate of drug-likeness (QED) is 0.660. The number of hydrogen-bond acceptors (Lipinski definition) is 2. The molecule has 0 amide bonds. The van der Waals surface area contributed by atoms with Gasteiger partial charge < -0.3 is 0 Å². The zero-order chi connectivity index (χ0) is 15.9. The Morgan fingerprint density at radius 1 is 1.05 bits per heavy atom. The second kappa shape index (κ2) is 8.47. The van der Waals surface area contributed by atoms with E-state index in [4.69, 9.17) is 4.99 Å². The molecule has 122 valence electrons. The van der Waals surface area contributed by atoms with Crippen LogP contribution in [0.2, 0.25) is 0 Å². The van der Waals surface area contributed by atoms with Crippen molar-refractivity contribution in [3.05, 3.63) is 34.9 Å². The summed E-state index contributed by atoms with van der Waals surface area (Å²) in [7, 11) is 0. The van der Waals surface area contributed by atoms with Crippen LogP contribution < -0.4 is 0 Å². The van der Waals surface area contributed by atoms with Crippen molar-refractivity contribution >= 4 is 5.71 Å². The highest BCUT2D eigenvalue weighted by Crippen LogP contribution is 2.23. The topological polar surface area (TPSA) is 15.6 Å². The molecule has 1 heterocycles. The minimum absolute atomic E-state index is 0.570. The fourth-order valence-electron chi connectivity index (χ4n) is 3.48. The van der Waals surface area contributed by atoms with Gasteiger partial charge in [0.25, 0.3) is 0 Å². The van der Waals surface area contributed by atoms with E-state index in [1.54, 1.807) is 0 Å². The second-order valence-corrected chi connectivity index (χ2v) is 6.40. The average Bonchev–Trinajstić information content (AvgIpc) is 2.91. The molecule has 0 radical (unpaired) electrons. The largest absolute Gasteiger partial charge is 0.277 e. The third kappa shape index (κ3) is 3.98. The average molecular weight is 300 g/mol. The minimum Gasteiger partial charge on any atom is -0.277 e. The molecule has 0 aromatic heterocycles. The number of nitrogens with zero attached hydrogens (tertiary/aromatic N) is 2. The van der Waals surface area contributed by atoms with E-state index in [1.807, 2.05) is 0 Å². The molecule has 22 heavy (non-hydrogen) atoms. The highest BCUT2D eigenvalue weighted by Gasteiger charge is 2.27. The summed E-state index contributed by atoms with van der Waals surface area (Å²) >= 11 is 0. The smallest absolute Gasteiger partial charge is 0.0917 e. The van der Waals surface area contributed by atoms with Crippen LogP contribution in [0.5, 0.6) is 0 Å². The molecule has 2 heteroatoms. The van der Waals surface area contributed by atoms with E-state index >= 15 is 0 Å². The van der Waals surface area contributed by atoms with Crippen molar-refractivity contribution in [3.8, 4) is 0 Å². The lowest BCUT2D eigenvalue weighted by Crippen LogP contribution is -2.35. The van der Waals surface area contributed by atoms with Crippen molar-refractivity contribution in [3.63, 3.8) is 0 Å². The van der Waals surface area contributed by atoms with Gasteiger partial charge in [-0.3, -0.25) is 9.89 Å². The van der Waals surface area contributed by atoms with Crippen molar-refractivity contribution in [1.82, 2.24) is 4.90 Å². The van der Waals surface area contributed by atoms with Crippen LogP contribution >= 0.6 is 0 Å². The molecule has 2 nitrogen and oxygen atoms in total. The van der Waals surface area contributed by atoms with E-state index in [1.165, 1.54) is 41.7 Å². The summed E-state index contributed by atoms with van der Waals surface area (Å²) in [5.41, 5.74) is 5.90. The van der Waals surface area contributed by atoms with E-state index < -0.39 is 0 Å². The third-order valence-electron chi connectivity index (χ3n) is 4.78. The summed E-state index contributed by atoms with van der Waals surface area (Å²) in [6.07, 6.45) is 7.10. The minimum atomic E-state index is 0.570. The van der Waals surface area contributed by atoms with Crippen molar-refractivity contribution in [2.24, 2.45) is 4.99 Å². The van der Waals surface area contributed by atoms with Crippen LogP contribution in [-0.2, 0) is 19.4 Å². The maximum atomic E-state index is 4.83. The Morgan fingerprint density at radius 3 is 2.50 bits per heavy atom. The summed E-state index contributed by atoms with van der Waals surface area (Å²) < 4.78 is 0. The van der Waals surface area contributed by atoms with Crippen LogP contribution in [-0.4, -0.2) is 23.3 Å². The molecule has 1 aliphatic heterocycles. The molecule has 2 rings (SSSR count). The Bertz CT molecular complexity index is 504. The molecule has 1 aromatic rings. The van der Waals surface area contributed by atoms with Gasteiger partial charge in [-0.2, -0.15) is 0 Å². The van der Waals surface area contributed by atoms with Gasteiger partial charge in [0.15, 0.2) is 0 Å². The number of benzene rings is 1. The standard InChI is InChI=1S/C20H32N2/c1-5-9-19-20(10-6-2)22(15-21-19)14-18-12-11-16(7-3)13-17(18)8-4/h11-13,20H,5-10,14-15H2,1-4H3. The first kappa shape index (κ1) is 17.2. The van der Waals surface area contributed by atoms with Crippen molar-refractivity contribution in [2.45, 2.75) is 78.8 Å². The lowest BCUT2D eigenvalue weighted by molar-refractivity contribution is 0.250. The predicted octanol–water partition coefficient (Wildman–Crippen LogP) is 4.99. The first-order valence-electron chi connectivity index (χ1n) is 9.11. The molecule has 0 bridgehead atoms. The van der Waals surface area contributed by atoms with Gasteiger partial charge in [-0.1, -0.05) is 58.7 Å². The van der Waals surface area contributed by atoms with Crippen LogP contribution in [0.4, 0.5) is 0 Å². The Labute approximate surface area is 136 Å². The van der Waals surface area contributed by atoms with Crippen molar-refractivity contribution in [2.75, 3.05) is 6.67 Å². The fraction of sp³-hybridized carbons (Fsp3) is 0.650. The molecular formula is C20H32N2. The SMILES string of the molecule is CCCC1=NCN(Cc2ccc(CC)cc2CC)C1CCC. The number of rotatable bonds is 8. The van der Waals surface area contributed by atoms with Gasteiger partial charge in [0, 0.05) is 18.3 Å². The summed E-state index contributed by atoms with van der Waals surface area (Å²) in [6.45, 7) is 11.0. The number of aryl methyl sites for hydroxylation is 2. The van der Waals surface area contributed by atoms with E-state index in [9.17, 15) is 0 Å². The fourth-order valence-corrected chi connectivity index (χ4v) is 3.48. The van der Waals surface area contributed by atoms with Gasteiger partial charge in [0.05, 0.1) is 6.67 Å².